The van der Waals surface area contributed by atoms with Gasteiger partial charge < -0.3 is 15.4 Å². The van der Waals surface area contributed by atoms with Crippen molar-refractivity contribution in [3.63, 3.8) is 0 Å². The van der Waals surface area contributed by atoms with Crippen molar-refractivity contribution in [3.05, 3.63) is 82.5 Å². The SMILES string of the molecule is COC(=O)c1cc(Cc2ccccc2)sc1NC(=S)NC(C)c1ccncc1. The second kappa shape index (κ2) is 9.43. The van der Waals surface area contributed by atoms with E-state index in [9.17, 15) is 4.79 Å². The predicted octanol–water partition coefficient (Wildman–Crippen LogP) is 4.57. The first kappa shape index (κ1) is 20.0. The van der Waals surface area contributed by atoms with Gasteiger partial charge in [0.1, 0.15) is 5.00 Å². The fraction of sp³-hybridized carbons (Fsp3) is 0.190. The molecule has 0 aliphatic rings. The highest BCUT2D eigenvalue weighted by Gasteiger charge is 2.18. The van der Waals surface area contributed by atoms with Crippen LogP contribution in [0.4, 0.5) is 5.00 Å². The van der Waals surface area contributed by atoms with Crippen molar-refractivity contribution < 1.29 is 9.53 Å². The number of nitrogens with zero attached hydrogens (tertiary/aromatic N) is 1. The van der Waals surface area contributed by atoms with E-state index in [2.05, 4.69) is 27.8 Å². The van der Waals surface area contributed by atoms with E-state index < -0.39 is 0 Å². The van der Waals surface area contributed by atoms with Crippen LogP contribution < -0.4 is 10.6 Å². The van der Waals surface area contributed by atoms with Crippen LogP contribution in [-0.4, -0.2) is 23.2 Å². The van der Waals surface area contributed by atoms with Crippen molar-refractivity contribution in [2.24, 2.45) is 0 Å². The molecule has 0 saturated heterocycles. The predicted molar refractivity (Wildman–Crippen MR) is 117 cm³/mol. The number of rotatable bonds is 6. The molecule has 28 heavy (non-hydrogen) atoms. The Balaban J connectivity index is 1.74. The van der Waals surface area contributed by atoms with Crippen molar-refractivity contribution in [1.82, 2.24) is 10.3 Å². The summed E-state index contributed by atoms with van der Waals surface area (Å²) in [5.74, 6) is -0.386. The molecule has 3 rings (SSSR count). The molecule has 0 spiro atoms. The lowest BCUT2D eigenvalue weighted by molar-refractivity contribution is 0.0602. The van der Waals surface area contributed by atoms with E-state index in [0.717, 1.165) is 16.9 Å². The Morgan fingerprint density at radius 2 is 1.93 bits per heavy atom. The standard InChI is InChI=1S/C21H21N3O2S2/c1-14(16-8-10-22-11-9-16)23-21(27)24-19-18(20(25)26-2)13-17(28-19)12-15-6-4-3-5-7-15/h3-11,13-14H,12H2,1-2H3,(H2,23,24,27). The van der Waals surface area contributed by atoms with E-state index in [-0.39, 0.29) is 12.0 Å². The van der Waals surface area contributed by atoms with Crippen LogP contribution in [0.15, 0.2) is 60.9 Å². The molecule has 0 saturated carbocycles. The molecule has 0 fully saturated rings. The Morgan fingerprint density at radius 1 is 1.21 bits per heavy atom. The van der Waals surface area contributed by atoms with Crippen molar-refractivity contribution in [1.29, 1.82) is 0 Å². The van der Waals surface area contributed by atoms with Gasteiger partial charge in [0.2, 0.25) is 0 Å². The second-order valence-electron chi connectivity index (χ2n) is 6.21. The van der Waals surface area contributed by atoms with Gasteiger partial charge >= 0.3 is 5.97 Å². The van der Waals surface area contributed by atoms with Gasteiger partial charge in [-0.25, -0.2) is 4.79 Å². The Hall–Kier alpha value is -2.77. The maximum absolute atomic E-state index is 12.2. The third-order valence-corrected chi connectivity index (χ3v) is 5.46. The average Bonchev–Trinajstić information content (AvgIpc) is 3.10. The van der Waals surface area contributed by atoms with E-state index in [1.807, 2.05) is 43.3 Å². The zero-order chi connectivity index (χ0) is 19.9. The number of carbonyl (C=O) groups is 1. The molecule has 2 aromatic heterocycles. The summed E-state index contributed by atoms with van der Waals surface area (Å²) in [5, 5.41) is 7.51. The van der Waals surface area contributed by atoms with Gasteiger partial charge in [-0.05, 0) is 48.5 Å². The summed E-state index contributed by atoms with van der Waals surface area (Å²) in [6.45, 7) is 2.01. The largest absolute Gasteiger partial charge is 0.465 e. The molecule has 0 radical (unpaired) electrons. The number of pyridine rings is 1. The summed E-state index contributed by atoms with van der Waals surface area (Å²) in [5.41, 5.74) is 2.74. The fourth-order valence-corrected chi connectivity index (χ4v) is 4.18. The van der Waals surface area contributed by atoms with Gasteiger partial charge in [-0.3, -0.25) is 4.98 Å². The van der Waals surface area contributed by atoms with Crippen LogP contribution in [0.1, 0.15) is 39.3 Å². The lowest BCUT2D eigenvalue weighted by atomic mass is 10.1. The number of thiophene rings is 1. The molecule has 144 valence electrons. The molecule has 1 atom stereocenters. The Morgan fingerprint density at radius 3 is 2.61 bits per heavy atom. The topological polar surface area (TPSA) is 63.2 Å². The quantitative estimate of drug-likeness (QED) is 0.458. The number of thiocarbonyl (C=S) groups is 1. The van der Waals surface area contributed by atoms with Crippen LogP contribution >= 0.6 is 23.6 Å². The zero-order valence-electron chi connectivity index (χ0n) is 15.6. The van der Waals surface area contributed by atoms with E-state index in [1.165, 1.54) is 24.0 Å². The van der Waals surface area contributed by atoms with Gasteiger partial charge in [0.25, 0.3) is 0 Å². The summed E-state index contributed by atoms with van der Waals surface area (Å²) in [6, 6.07) is 15.9. The Kier molecular flexibility index (Phi) is 6.73. The molecular formula is C21H21N3O2S2. The third-order valence-electron chi connectivity index (χ3n) is 4.19. The lowest BCUT2D eigenvalue weighted by Gasteiger charge is -2.17. The number of benzene rings is 1. The van der Waals surface area contributed by atoms with Crippen molar-refractivity contribution in [3.8, 4) is 0 Å². The lowest BCUT2D eigenvalue weighted by Crippen LogP contribution is -2.31. The number of ether oxygens (including phenoxy) is 1. The maximum Gasteiger partial charge on any atom is 0.340 e. The van der Waals surface area contributed by atoms with Crippen LogP contribution in [-0.2, 0) is 11.2 Å². The number of carbonyl (C=O) groups excluding carboxylic acids is 1. The van der Waals surface area contributed by atoms with Crippen LogP contribution in [0.5, 0.6) is 0 Å². The van der Waals surface area contributed by atoms with Crippen molar-refractivity contribution >= 4 is 39.6 Å². The normalized spacial score (nSPS) is 11.5. The summed E-state index contributed by atoms with van der Waals surface area (Å²) in [4.78, 5) is 17.3. The number of methoxy groups -OCH3 is 1. The number of anilines is 1. The number of aromatic nitrogens is 1. The highest BCUT2D eigenvalue weighted by atomic mass is 32.1. The Labute approximate surface area is 173 Å². The van der Waals surface area contributed by atoms with Gasteiger partial charge in [0.05, 0.1) is 18.7 Å². The molecule has 0 amide bonds. The average molecular weight is 412 g/mol. The molecule has 7 heteroatoms. The summed E-state index contributed by atoms with van der Waals surface area (Å²) in [6.07, 6.45) is 4.23. The summed E-state index contributed by atoms with van der Waals surface area (Å²) < 4.78 is 4.93. The number of nitrogens with one attached hydrogen (secondary N) is 2. The molecule has 1 aromatic carbocycles. The van der Waals surface area contributed by atoms with Crippen molar-refractivity contribution in [2.45, 2.75) is 19.4 Å². The number of esters is 1. The first-order valence-electron chi connectivity index (χ1n) is 8.79. The van der Waals surface area contributed by atoms with Crippen LogP contribution in [0.3, 0.4) is 0 Å². The first-order chi connectivity index (χ1) is 13.6. The molecular weight excluding hydrogens is 390 g/mol. The van der Waals surface area contributed by atoms with Crippen LogP contribution in [0, 0.1) is 0 Å². The molecule has 3 aromatic rings. The molecule has 5 nitrogen and oxygen atoms in total. The fourth-order valence-electron chi connectivity index (χ4n) is 2.75. The number of hydrogen-bond acceptors (Lipinski definition) is 5. The first-order valence-corrected chi connectivity index (χ1v) is 10.0. The molecule has 0 aliphatic heterocycles. The Bertz CT molecular complexity index is 943. The highest BCUT2D eigenvalue weighted by Crippen LogP contribution is 2.30. The maximum atomic E-state index is 12.2. The minimum Gasteiger partial charge on any atom is -0.465 e. The van der Waals surface area contributed by atoms with Gasteiger partial charge in [-0.2, -0.15) is 0 Å². The molecule has 2 heterocycles. The monoisotopic (exact) mass is 411 g/mol. The summed E-state index contributed by atoms with van der Waals surface area (Å²) >= 11 is 6.95. The second-order valence-corrected chi connectivity index (χ2v) is 7.76. The minimum atomic E-state index is -0.386. The van der Waals surface area contributed by atoms with Crippen molar-refractivity contribution in [2.75, 3.05) is 12.4 Å². The summed E-state index contributed by atoms with van der Waals surface area (Å²) in [7, 11) is 1.38. The minimum absolute atomic E-state index is 0.00771. The van der Waals surface area contributed by atoms with Gasteiger partial charge in [-0.1, -0.05) is 30.3 Å². The molecule has 0 bridgehead atoms. The van der Waals surface area contributed by atoms with Crippen LogP contribution in [0.25, 0.3) is 0 Å². The smallest absolute Gasteiger partial charge is 0.340 e. The highest BCUT2D eigenvalue weighted by molar-refractivity contribution is 7.80. The molecule has 1 unspecified atom stereocenters. The van der Waals surface area contributed by atoms with E-state index in [0.29, 0.717) is 15.7 Å². The van der Waals surface area contributed by atoms with E-state index in [4.69, 9.17) is 17.0 Å². The van der Waals surface area contributed by atoms with Crippen LogP contribution in [0.2, 0.25) is 0 Å². The third kappa shape index (κ3) is 5.15. The van der Waals surface area contributed by atoms with Gasteiger partial charge in [-0.15, -0.1) is 11.3 Å². The number of hydrogen-bond donors (Lipinski definition) is 2. The van der Waals surface area contributed by atoms with Gasteiger partial charge in [0, 0.05) is 23.7 Å². The van der Waals surface area contributed by atoms with E-state index in [1.54, 1.807) is 12.4 Å². The van der Waals surface area contributed by atoms with E-state index >= 15 is 0 Å². The zero-order valence-corrected chi connectivity index (χ0v) is 17.3. The molecule has 0 aliphatic carbocycles. The van der Waals surface area contributed by atoms with Gasteiger partial charge in [0.15, 0.2) is 5.11 Å². The molecule has 2 N–H and O–H groups in total.